The zero-order chi connectivity index (χ0) is 12.6. The molecule has 0 radical (unpaired) electrons. The molecule has 2 saturated carbocycles. The predicted molar refractivity (Wildman–Crippen MR) is 68.8 cm³/mol. The molecule has 1 spiro atoms. The van der Waals surface area contributed by atoms with Gasteiger partial charge in [0.1, 0.15) is 0 Å². The van der Waals surface area contributed by atoms with E-state index in [2.05, 4.69) is 15.3 Å². The Morgan fingerprint density at radius 1 is 1.50 bits per heavy atom. The highest BCUT2D eigenvalue weighted by molar-refractivity contribution is 5.82. The Balaban J connectivity index is 1.53. The molecule has 0 bridgehead atoms. The van der Waals surface area contributed by atoms with Gasteiger partial charge < -0.3 is 10.3 Å². The summed E-state index contributed by atoms with van der Waals surface area (Å²) in [6.45, 7) is 2.54. The van der Waals surface area contributed by atoms with E-state index in [0.717, 1.165) is 17.8 Å². The Bertz CT molecular complexity index is 446. The van der Waals surface area contributed by atoms with Crippen LogP contribution in [0.5, 0.6) is 0 Å². The third-order valence-electron chi connectivity index (χ3n) is 4.72. The number of hydrogen-bond acceptors (Lipinski definition) is 2. The van der Waals surface area contributed by atoms with Crippen LogP contribution in [-0.2, 0) is 11.3 Å². The molecule has 3 rings (SSSR count). The van der Waals surface area contributed by atoms with E-state index in [1.165, 1.54) is 32.1 Å². The highest BCUT2D eigenvalue weighted by Crippen LogP contribution is 2.61. The fourth-order valence-corrected chi connectivity index (χ4v) is 3.39. The van der Waals surface area contributed by atoms with Crippen LogP contribution in [0.4, 0.5) is 0 Å². The van der Waals surface area contributed by atoms with Crippen molar-refractivity contribution in [3.8, 4) is 0 Å². The lowest BCUT2D eigenvalue weighted by Crippen LogP contribution is -2.28. The number of carbonyl (C=O) groups is 1. The standard InChI is InChI=1S/C14H21N3O/c1-10-12(17-9-16-10)8-15-13(18)11-7-14(11)5-3-2-4-6-14/h9,11H,2-8H2,1H3,(H,15,18)(H,16,17)/t11-/m1/s1. The Hall–Kier alpha value is -1.32. The minimum absolute atomic E-state index is 0.235. The minimum atomic E-state index is 0.235. The van der Waals surface area contributed by atoms with Gasteiger partial charge in [-0.3, -0.25) is 4.79 Å². The van der Waals surface area contributed by atoms with E-state index in [4.69, 9.17) is 0 Å². The summed E-state index contributed by atoms with van der Waals surface area (Å²) in [5, 5.41) is 3.04. The molecule has 1 amide bonds. The van der Waals surface area contributed by atoms with Crippen LogP contribution in [0.2, 0.25) is 0 Å². The van der Waals surface area contributed by atoms with Crippen molar-refractivity contribution in [3.63, 3.8) is 0 Å². The van der Waals surface area contributed by atoms with Gasteiger partial charge in [-0.2, -0.15) is 0 Å². The molecule has 2 aliphatic rings. The number of nitrogens with one attached hydrogen (secondary N) is 2. The van der Waals surface area contributed by atoms with Crippen LogP contribution in [0.1, 0.15) is 49.9 Å². The van der Waals surface area contributed by atoms with E-state index in [1.54, 1.807) is 6.33 Å². The lowest BCUT2D eigenvalue weighted by atomic mass is 9.84. The quantitative estimate of drug-likeness (QED) is 0.861. The molecule has 0 saturated heterocycles. The van der Waals surface area contributed by atoms with Gasteiger partial charge in [0, 0.05) is 11.6 Å². The molecule has 4 nitrogen and oxygen atoms in total. The van der Waals surface area contributed by atoms with Crippen molar-refractivity contribution in [2.75, 3.05) is 0 Å². The second-order valence-corrected chi connectivity index (χ2v) is 5.87. The van der Waals surface area contributed by atoms with E-state index in [9.17, 15) is 4.79 Å². The summed E-state index contributed by atoms with van der Waals surface area (Å²) in [4.78, 5) is 19.4. The molecule has 1 atom stereocenters. The topological polar surface area (TPSA) is 57.8 Å². The van der Waals surface area contributed by atoms with Crippen molar-refractivity contribution in [3.05, 3.63) is 17.7 Å². The number of aromatic amines is 1. The molecule has 1 aromatic rings. The molecule has 98 valence electrons. The maximum absolute atomic E-state index is 12.1. The Morgan fingerprint density at radius 2 is 2.28 bits per heavy atom. The molecular formula is C14H21N3O. The van der Waals surface area contributed by atoms with Crippen molar-refractivity contribution in [2.45, 2.75) is 52.0 Å². The SMILES string of the molecule is Cc1[nH]cnc1CNC(=O)[C@H]1CC12CCCCC2. The first-order valence-corrected chi connectivity index (χ1v) is 6.98. The van der Waals surface area contributed by atoms with Gasteiger partial charge in [-0.05, 0) is 31.6 Å². The number of amides is 1. The lowest BCUT2D eigenvalue weighted by molar-refractivity contribution is -0.123. The lowest BCUT2D eigenvalue weighted by Gasteiger charge is -2.22. The van der Waals surface area contributed by atoms with Crippen LogP contribution in [0.15, 0.2) is 6.33 Å². The van der Waals surface area contributed by atoms with E-state index in [1.807, 2.05) is 6.92 Å². The number of H-pyrrole nitrogens is 1. The van der Waals surface area contributed by atoms with Crippen LogP contribution in [-0.4, -0.2) is 15.9 Å². The average molecular weight is 247 g/mol. The Morgan fingerprint density at radius 3 is 2.94 bits per heavy atom. The van der Waals surface area contributed by atoms with Gasteiger partial charge in [0.15, 0.2) is 0 Å². The van der Waals surface area contributed by atoms with Gasteiger partial charge in [-0.1, -0.05) is 19.3 Å². The molecule has 0 unspecified atom stereocenters. The summed E-state index contributed by atoms with van der Waals surface area (Å²) in [5.74, 6) is 0.511. The van der Waals surface area contributed by atoms with Gasteiger partial charge in [0.2, 0.25) is 5.91 Å². The summed E-state index contributed by atoms with van der Waals surface area (Å²) >= 11 is 0. The number of hydrogen-bond donors (Lipinski definition) is 2. The maximum Gasteiger partial charge on any atom is 0.224 e. The molecule has 0 aromatic carbocycles. The molecule has 0 aliphatic heterocycles. The van der Waals surface area contributed by atoms with E-state index < -0.39 is 0 Å². The number of nitrogens with zero attached hydrogens (tertiary/aromatic N) is 1. The highest BCUT2D eigenvalue weighted by atomic mass is 16.2. The third kappa shape index (κ3) is 2.04. The molecule has 2 fully saturated rings. The van der Waals surface area contributed by atoms with Crippen LogP contribution >= 0.6 is 0 Å². The number of rotatable bonds is 3. The fraction of sp³-hybridized carbons (Fsp3) is 0.714. The van der Waals surface area contributed by atoms with Crippen molar-refractivity contribution in [1.29, 1.82) is 0 Å². The minimum Gasteiger partial charge on any atom is -0.350 e. The summed E-state index contributed by atoms with van der Waals surface area (Å²) < 4.78 is 0. The molecule has 2 aliphatic carbocycles. The molecule has 18 heavy (non-hydrogen) atoms. The van der Waals surface area contributed by atoms with Crippen molar-refractivity contribution in [1.82, 2.24) is 15.3 Å². The Labute approximate surface area is 108 Å². The van der Waals surface area contributed by atoms with Gasteiger partial charge >= 0.3 is 0 Å². The third-order valence-corrected chi connectivity index (χ3v) is 4.72. The molecule has 4 heteroatoms. The van der Waals surface area contributed by atoms with Crippen molar-refractivity contribution in [2.24, 2.45) is 11.3 Å². The second kappa shape index (κ2) is 4.41. The zero-order valence-corrected chi connectivity index (χ0v) is 11.0. The average Bonchev–Trinajstić information content (AvgIpc) is 2.90. The van der Waals surface area contributed by atoms with Gasteiger partial charge in [-0.25, -0.2) is 4.98 Å². The van der Waals surface area contributed by atoms with Gasteiger partial charge in [0.25, 0.3) is 0 Å². The first-order chi connectivity index (χ1) is 8.71. The molecule has 1 heterocycles. The molecule has 1 aromatic heterocycles. The number of imidazole rings is 1. The first-order valence-electron chi connectivity index (χ1n) is 6.98. The number of aryl methyl sites for hydroxylation is 1. The van der Waals surface area contributed by atoms with Crippen LogP contribution < -0.4 is 5.32 Å². The smallest absolute Gasteiger partial charge is 0.224 e. The monoisotopic (exact) mass is 247 g/mol. The number of carbonyl (C=O) groups excluding carboxylic acids is 1. The van der Waals surface area contributed by atoms with E-state index in [0.29, 0.717) is 12.0 Å². The summed E-state index contributed by atoms with van der Waals surface area (Å²) in [6, 6.07) is 0. The normalized spacial score (nSPS) is 25.1. The van der Waals surface area contributed by atoms with E-state index in [-0.39, 0.29) is 11.8 Å². The molecule has 2 N–H and O–H groups in total. The summed E-state index contributed by atoms with van der Waals surface area (Å²) in [6.07, 6.45) is 9.26. The van der Waals surface area contributed by atoms with Crippen LogP contribution in [0, 0.1) is 18.3 Å². The summed E-state index contributed by atoms with van der Waals surface area (Å²) in [5.41, 5.74) is 2.36. The zero-order valence-electron chi connectivity index (χ0n) is 11.0. The van der Waals surface area contributed by atoms with Gasteiger partial charge in [0.05, 0.1) is 18.6 Å². The largest absolute Gasteiger partial charge is 0.350 e. The summed E-state index contributed by atoms with van der Waals surface area (Å²) in [7, 11) is 0. The van der Waals surface area contributed by atoms with Crippen LogP contribution in [0.25, 0.3) is 0 Å². The van der Waals surface area contributed by atoms with Crippen molar-refractivity contribution >= 4 is 5.91 Å². The number of aromatic nitrogens is 2. The maximum atomic E-state index is 12.1. The fourth-order valence-electron chi connectivity index (χ4n) is 3.39. The molecular weight excluding hydrogens is 226 g/mol. The van der Waals surface area contributed by atoms with Crippen LogP contribution in [0.3, 0.4) is 0 Å². The van der Waals surface area contributed by atoms with Crippen molar-refractivity contribution < 1.29 is 4.79 Å². The van der Waals surface area contributed by atoms with E-state index >= 15 is 0 Å². The predicted octanol–water partition coefficient (Wildman–Crippen LogP) is 2.30. The second-order valence-electron chi connectivity index (χ2n) is 5.87. The first kappa shape index (κ1) is 11.8. The Kier molecular flexibility index (Phi) is 2.88. The van der Waals surface area contributed by atoms with Gasteiger partial charge in [-0.15, -0.1) is 0 Å². The highest BCUT2D eigenvalue weighted by Gasteiger charge is 2.57.